The third-order valence-electron chi connectivity index (χ3n) is 3.53. The number of nitrogens with zero attached hydrogens (tertiary/aromatic N) is 1. The van der Waals surface area contributed by atoms with Crippen molar-refractivity contribution in [1.29, 1.82) is 5.26 Å². The van der Waals surface area contributed by atoms with Crippen LogP contribution in [0.25, 0.3) is 11.3 Å². The van der Waals surface area contributed by atoms with E-state index in [9.17, 15) is 5.26 Å². The minimum absolute atomic E-state index is 0.626. The van der Waals surface area contributed by atoms with E-state index < -0.39 is 0 Å². The third-order valence-corrected chi connectivity index (χ3v) is 3.53. The molecule has 0 bridgehead atoms. The van der Waals surface area contributed by atoms with Gasteiger partial charge in [-0.05, 0) is 23.3 Å². The Kier molecular flexibility index (Phi) is 4.52. The van der Waals surface area contributed by atoms with Crippen molar-refractivity contribution in [3.05, 3.63) is 102 Å². The van der Waals surface area contributed by atoms with Crippen LogP contribution >= 0.6 is 0 Å². The number of rotatable bonds is 4. The highest BCUT2D eigenvalue weighted by Gasteiger charge is 2.11. The molecule has 23 heavy (non-hydrogen) atoms. The predicted octanol–water partition coefficient (Wildman–Crippen LogP) is 5.19. The fraction of sp³-hybridized carbons (Fsp3) is 0. The highest BCUT2D eigenvalue weighted by Crippen LogP contribution is 2.27. The maximum atomic E-state index is 9.74. The zero-order valence-electron chi connectivity index (χ0n) is 12.6. The Hall–Kier alpha value is -3.31. The number of nitrogens with one attached hydrogen (secondary N) is 1. The van der Waals surface area contributed by atoms with Crippen LogP contribution < -0.4 is 5.32 Å². The number of anilines is 1. The highest BCUT2D eigenvalue weighted by atomic mass is 14.9. The normalized spacial score (nSPS) is 11.3. The molecule has 0 amide bonds. The molecule has 0 heterocycles. The monoisotopic (exact) mass is 296 g/mol. The summed E-state index contributed by atoms with van der Waals surface area (Å²) in [6.45, 7) is 0. The van der Waals surface area contributed by atoms with E-state index in [4.69, 9.17) is 0 Å². The fourth-order valence-corrected chi connectivity index (χ4v) is 2.42. The van der Waals surface area contributed by atoms with Gasteiger partial charge >= 0.3 is 0 Å². The molecule has 0 saturated carbocycles. The van der Waals surface area contributed by atoms with Gasteiger partial charge in [-0.25, -0.2) is 0 Å². The molecule has 0 aliphatic heterocycles. The molecule has 3 rings (SSSR count). The third kappa shape index (κ3) is 3.48. The number of benzene rings is 3. The lowest BCUT2D eigenvalue weighted by atomic mass is 10.00. The maximum absolute atomic E-state index is 9.74. The van der Waals surface area contributed by atoms with Gasteiger partial charge in [0.2, 0.25) is 0 Å². The van der Waals surface area contributed by atoms with Crippen molar-refractivity contribution in [3.8, 4) is 6.07 Å². The number of allylic oxidation sites excluding steroid dienone is 1. The molecule has 3 aromatic rings. The Morgan fingerprint density at radius 2 is 1.13 bits per heavy atom. The Morgan fingerprint density at radius 1 is 0.652 bits per heavy atom. The molecule has 1 N–H and O–H groups in total. The summed E-state index contributed by atoms with van der Waals surface area (Å²) >= 11 is 0. The SMILES string of the molecule is N#C/C(=C(/Nc1ccccc1)c1ccccc1)c1ccccc1. The first kappa shape index (κ1) is 14.6. The van der Waals surface area contributed by atoms with Gasteiger partial charge in [0.1, 0.15) is 6.07 Å². The van der Waals surface area contributed by atoms with Gasteiger partial charge in [-0.2, -0.15) is 5.26 Å². The van der Waals surface area contributed by atoms with E-state index in [1.54, 1.807) is 0 Å². The predicted molar refractivity (Wildman–Crippen MR) is 95.4 cm³/mol. The second-order valence-electron chi connectivity index (χ2n) is 5.08. The van der Waals surface area contributed by atoms with Crippen molar-refractivity contribution < 1.29 is 0 Å². The van der Waals surface area contributed by atoms with Crippen molar-refractivity contribution in [1.82, 2.24) is 0 Å². The Bertz CT molecular complexity index is 829. The molecule has 2 nitrogen and oxygen atoms in total. The molecule has 0 saturated heterocycles. The summed E-state index contributed by atoms with van der Waals surface area (Å²) in [5, 5.41) is 13.1. The van der Waals surface area contributed by atoms with Crippen LogP contribution in [0, 0.1) is 11.3 Å². The smallest absolute Gasteiger partial charge is 0.102 e. The van der Waals surface area contributed by atoms with Crippen LogP contribution in [0.15, 0.2) is 91.0 Å². The average molecular weight is 296 g/mol. The molecule has 0 aliphatic rings. The largest absolute Gasteiger partial charge is 0.354 e. The summed E-state index contributed by atoms with van der Waals surface area (Å²) in [6.07, 6.45) is 0. The van der Waals surface area contributed by atoms with Gasteiger partial charge in [0, 0.05) is 5.69 Å². The molecule has 110 valence electrons. The molecule has 0 aromatic heterocycles. The molecule has 0 spiro atoms. The fourth-order valence-electron chi connectivity index (χ4n) is 2.42. The number of hydrogen-bond acceptors (Lipinski definition) is 2. The van der Waals surface area contributed by atoms with Crippen LogP contribution in [-0.2, 0) is 0 Å². The van der Waals surface area contributed by atoms with E-state index in [1.807, 2.05) is 91.0 Å². The molecular weight excluding hydrogens is 280 g/mol. The summed E-state index contributed by atoms with van der Waals surface area (Å²) in [5.41, 5.74) is 4.27. The lowest BCUT2D eigenvalue weighted by Crippen LogP contribution is -2.02. The Morgan fingerprint density at radius 3 is 1.65 bits per heavy atom. The lowest BCUT2D eigenvalue weighted by Gasteiger charge is -2.14. The summed E-state index contributed by atoms with van der Waals surface area (Å²) in [7, 11) is 0. The first-order chi connectivity index (χ1) is 11.4. The van der Waals surface area contributed by atoms with Crippen LogP contribution in [0.4, 0.5) is 5.69 Å². The molecule has 0 fully saturated rings. The van der Waals surface area contributed by atoms with Crippen LogP contribution in [0.2, 0.25) is 0 Å². The van der Waals surface area contributed by atoms with E-state index in [2.05, 4.69) is 11.4 Å². The van der Waals surface area contributed by atoms with Crippen molar-refractivity contribution in [2.75, 3.05) is 5.32 Å². The Balaban J connectivity index is 2.15. The number of hydrogen-bond donors (Lipinski definition) is 1. The molecule has 0 radical (unpaired) electrons. The van der Waals surface area contributed by atoms with Crippen LogP contribution in [0.1, 0.15) is 11.1 Å². The van der Waals surface area contributed by atoms with E-state index in [0.29, 0.717) is 5.57 Å². The molecule has 0 unspecified atom stereocenters. The molecule has 2 heteroatoms. The second-order valence-corrected chi connectivity index (χ2v) is 5.08. The minimum atomic E-state index is 0.626. The van der Waals surface area contributed by atoms with Gasteiger partial charge in [0.25, 0.3) is 0 Å². The van der Waals surface area contributed by atoms with Gasteiger partial charge < -0.3 is 5.32 Å². The highest BCUT2D eigenvalue weighted by molar-refractivity contribution is 6.01. The van der Waals surface area contributed by atoms with Crippen molar-refractivity contribution in [2.45, 2.75) is 0 Å². The molecular formula is C21H16N2. The van der Waals surface area contributed by atoms with Gasteiger partial charge in [-0.1, -0.05) is 78.9 Å². The van der Waals surface area contributed by atoms with Crippen molar-refractivity contribution in [2.24, 2.45) is 0 Å². The standard InChI is InChI=1S/C21H16N2/c22-16-20(17-10-4-1-5-11-17)21(18-12-6-2-7-13-18)23-19-14-8-3-9-15-19/h1-15,23H/b21-20-. The average Bonchev–Trinajstić information content (AvgIpc) is 2.64. The Labute approximate surface area is 136 Å². The first-order valence-electron chi connectivity index (χ1n) is 7.46. The lowest BCUT2D eigenvalue weighted by molar-refractivity contribution is 1.49. The van der Waals surface area contributed by atoms with E-state index in [0.717, 1.165) is 22.5 Å². The molecule has 0 aliphatic carbocycles. The van der Waals surface area contributed by atoms with Crippen LogP contribution in [-0.4, -0.2) is 0 Å². The van der Waals surface area contributed by atoms with Gasteiger partial charge in [-0.15, -0.1) is 0 Å². The van der Waals surface area contributed by atoms with Gasteiger partial charge in [0.05, 0.1) is 11.3 Å². The summed E-state index contributed by atoms with van der Waals surface area (Å²) in [6, 6.07) is 31.9. The van der Waals surface area contributed by atoms with Crippen molar-refractivity contribution >= 4 is 17.0 Å². The summed E-state index contributed by atoms with van der Waals surface area (Å²) in [5.74, 6) is 0. The van der Waals surface area contributed by atoms with E-state index in [1.165, 1.54) is 0 Å². The van der Waals surface area contributed by atoms with E-state index >= 15 is 0 Å². The molecule has 0 atom stereocenters. The number of para-hydroxylation sites is 1. The zero-order chi connectivity index (χ0) is 15.9. The first-order valence-corrected chi connectivity index (χ1v) is 7.46. The van der Waals surface area contributed by atoms with Crippen molar-refractivity contribution in [3.63, 3.8) is 0 Å². The molecule has 3 aromatic carbocycles. The zero-order valence-corrected chi connectivity index (χ0v) is 12.6. The summed E-state index contributed by atoms with van der Waals surface area (Å²) < 4.78 is 0. The second kappa shape index (κ2) is 7.11. The quantitative estimate of drug-likeness (QED) is 0.531. The van der Waals surface area contributed by atoms with E-state index in [-0.39, 0.29) is 0 Å². The van der Waals surface area contributed by atoms with Gasteiger partial charge in [-0.3, -0.25) is 0 Å². The maximum Gasteiger partial charge on any atom is 0.102 e. The van der Waals surface area contributed by atoms with Gasteiger partial charge in [0.15, 0.2) is 0 Å². The van der Waals surface area contributed by atoms with Crippen LogP contribution in [0.3, 0.4) is 0 Å². The number of nitriles is 1. The van der Waals surface area contributed by atoms with Crippen LogP contribution in [0.5, 0.6) is 0 Å². The minimum Gasteiger partial charge on any atom is -0.354 e. The summed E-state index contributed by atoms with van der Waals surface area (Å²) in [4.78, 5) is 0. The topological polar surface area (TPSA) is 35.8 Å².